The van der Waals surface area contributed by atoms with Crippen molar-refractivity contribution < 1.29 is 14.6 Å². The van der Waals surface area contributed by atoms with Crippen molar-refractivity contribution in [2.75, 3.05) is 7.11 Å². The number of ether oxygens (including phenoxy) is 2. The van der Waals surface area contributed by atoms with E-state index >= 15 is 0 Å². The first-order valence-electron chi connectivity index (χ1n) is 6.45. The van der Waals surface area contributed by atoms with Gasteiger partial charge in [-0.1, -0.05) is 28.1 Å². The van der Waals surface area contributed by atoms with Crippen molar-refractivity contribution in [2.45, 2.75) is 18.6 Å². The Labute approximate surface area is 126 Å². The minimum absolute atomic E-state index is 0.151. The first-order valence-corrected chi connectivity index (χ1v) is 7.25. The number of aliphatic hydroxyl groups excluding tert-OH is 1. The Kier molecular flexibility index (Phi) is 3.68. The van der Waals surface area contributed by atoms with Crippen LogP contribution in [0.2, 0.25) is 0 Å². The first kappa shape index (κ1) is 13.5. The highest BCUT2D eigenvalue weighted by Crippen LogP contribution is 2.42. The van der Waals surface area contributed by atoms with Gasteiger partial charge >= 0.3 is 0 Å². The molecule has 20 heavy (non-hydrogen) atoms. The van der Waals surface area contributed by atoms with Crippen LogP contribution in [0.15, 0.2) is 46.9 Å². The Bertz CT molecular complexity index is 627. The van der Waals surface area contributed by atoms with Crippen LogP contribution in [-0.2, 0) is 0 Å². The van der Waals surface area contributed by atoms with Crippen molar-refractivity contribution in [3.05, 3.63) is 58.1 Å². The highest BCUT2D eigenvalue weighted by molar-refractivity contribution is 9.10. The zero-order chi connectivity index (χ0) is 14.1. The van der Waals surface area contributed by atoms with E-state index in [0.717, 1.165) is 21.3 Å². The maximum absolute atomic E-state index is 10.3. The number of aliphatic hydroxyl groups is 1. The van der Waals surface area contributed by atoms with E-state index in [2.05, 4.69) is 15.9 Å². The van der Waals surface area contributed by atoms with Crippen LogP contribution < -0.4 is 9.47 Å². The van der Waals surface area contributed by atoms with E-state index in [1.807, 2.05) is 42.5 Å². The van der Waals surface area contributed by atoms with E-state index in [1.54, 1.807) is 7.11 Å². The van der Waals surface area contributed by atoms with Crippen molar-refractivity contribution in [2.24, 2.45) is 0 Å². The molecule has 1 aliphatic heterocycles. The molecule has 0 aromatic heterocycles. The van der Waals surface area contributed by atoms with Crippen molar-refractivity contribution in [3.8, 4) is 11.5 Å². The highest BCUT2D eigenvalue weighted by atomic mass is 79.9. The molecule has 0 fully saturated rings. The average molecular weight is 335 g/mol. The molecular formula is C16H15BrO3. The summed E-state index contributed by atoms with van der Waals surface area (Å²) in [6.45, 7) is 0. The fourth-order valence-electron chi connectivity index (χ4n) is 2.46. The average Bonchev–Trinajstić information content (AvgIpc) is 2.46. The van der Waals surface area contributed by atoms with Gasteiger partial charge in [0.2, 0.25) is 0 Å². The van der Waals surface area contributed by atoms with Gasteiger partial charge in [-0.2, -0.15) is 0 Å². The molecule has 2 aromatic carbocycles. The Balaban J connectivity index is 1.95. The van der Waals surface area contributed by atoms with Crippen LogP contribution in [0.25, 0.3) is 0 Å². The summed E-state index contributed by atoms with van der Waals surface area (Å²) in [6, 6.07) is 13.5. The summed E-state index contributed by atoms with van der Waals surface area (Å²) >= 11 is 3.46. The molecule has 1 aliphatic rings. The molecule has 2 aromatic rings. The number of methoxy groups -OCH3 is 1. The van der Waals surface area contributed by atoms with Crippen LogP contribution in [0, 0.1) is 0 Å². The highest BCUT2D eigenvalue weighted by Gasteiger charge is 2.28. The quantitative estimate of drug-likeness (QED) is 0.901. The lowest BCUT2D eigenvalue weighted by Crippen LogP contribution is -2.19. The largest absolute Gasteiger partial charge is 0.497 e. The summed E-state index contributed by atoms with van der Waals surface area (Å²) in [5.41, 5.74) is 1.86. The smallest absolute Gasteiger partial charge is 0.129 e. The second-order valence-corrected chi connectivity index (χ2v) is 5.73. The first-order chi connectivity index (χ1) is 9.67. The molecule has 0 aliphatic carbocycles. The van der Waals surface area contributed by atoms with Crippen LogP contribution in [0.4, 0.5) is 0 Å². The van der Waals surface area contributed by atoms with Gasteiger partial charge in [0.15, 0.2) is 0 Å². The van der Waals surface area contributed by atoms with Crippen molar-refractivity contribution in [1.29, 1.82) is 0 Å². The Morgan fingerprint density at radius 1 is 1.25 bits per heavy atom. The SMILES string of the molecule is COc1ccc2c(c1)OC(c1cccc(Br)c1)CC2O. The van der Waals surface area contributed by atoms with Gasteiger partial charge in [0.25, 0.3) is 0 Å². The molecule has 3 nitrogen and oxygen atoms in total. The number of hydrogen-bond acceptors (Lipinski definition) is 3. The normalized spacial score (nSPS) is 20.9. The monoisotopic (exact) mass is 334 g/mol. The molecular weight excluding hydrogens is 320 g/mol. The molecule has 4 heteroatoms. The van der Waals surface area contributed by atoms with Crippen molar-refractivity contribution in [3.63, 3.8) is 0 Å². The fraction of sp³-hybridized carbons (Fsp3) is 0.250. The second kappa shape index (κ2) is 5.46. The number of fused-ring (bicyclic) bond motifs is 1. The predicted molar refractivity (Wildman–Crippen MR) is 80.1 cm³/mol. The molecule has 1 N–H and O–H groups in total. The molecule has 0 bridgehead atoms. The lowest BCUT2D eigenvalue weighted by Gasteiger charge is -2.30. The fourth-order valence-corrected chi connectivity index (χ4v) is 2.88. The third-order valence-electron chi connectivity index (χ3n) is 3.51. The van der Waals surface area contributed by atoms with E-state index in [1.165, 1.54) is 0 Å². The zero-order valence-electron chi connectivity index (χ0n) is 11.0. The van der Waals surface area contributed by atoms with Gasteiger partial charge in [-0.15, -0.1) is 0 Å². The molecule has 2 atom stereocenters. The van der Waals surface area contributed by atoms with Gasteiger partial charge in [0.05, 0.1) is 13.2 Å². The molecule has 0 saturated carbocycles. The van der Waals surface area contributed by atoms with Crippen LogP contribution >= 0.6 is 15.9 Å². The number of rotatable bonds is 2. The van der Waals surface area contributed by atoms with E-state index in [0.29, 0.717) is 12.2 Å². The van der Waals surface area contributed by atoms with Gasteiger partial charge in [0.1, 0.15) is 17.6 Å². The number of hydrogen-bond donors (Lipinski definition) is 1. The van der Waals surface area contributed by atoms with Gasteiger partial charge in [0, 0.05) is 22.5 Å². The number of benzene rings is 2. The van der Waals surface area contributed by atoms with Crippen LogP contribution in [-0.4, -0.2) is 12.2 Å². The predicted octanol–water partition coefficient (Wildman–Crippen LogP) is 4.01. The molecule has 0 amide bonds. The van der Waals surface area contributed by atoms with E-state index in [-0.39, 0.29) is 6.10 Å². The van der Waals surface area contributed by atoms with Crippen LogP contribution in [0.3, 0.4) is 0 Å². The molecule has 1 heterocycles. The van der Waals surface area contributed by atoms with E-state index in [4.69, 9.17) is 9.47 Å². The lowest BCUT2D eigenvalue weighted by molar-refractivity contribution is 0.0654. The molecule has 3 rings (SSSR count). The Morgan fingerprint density at radius 3 is 2.85 bits per heavy atom. The van der Waals surface area contributed by atoms with E-state index in [9.17, 15) is 5.11 Å². The summed E-state index contributed by atoms with van der Waals surface area (Å²) in [5, 5.41) is 10.3. The van der Waals surface area contributed by atoms with Crippen molar-refractivity contribution in [1.82, 2.24) is 0 Å². The summed E-state index contributed by atoms with van der Waals surface area (Å²) in [4.78, 5) is 0. The molecule has 0 spiro atoms. The minimum Gasteiger partial charge on any atom is -0.497 e. The maximum atomic E-state index is 10.3. The Morgan fingerprint density at radius 2 is 2.10 bits per heavy atom. The van der Waals surface area contributed by atoms with Crippen LogP contribution in [0.1, 0.15) is 29.8 Å². The van der Waals surface area contributed by atoms with Gasteiger partial charge in [-0.05, 0) is 29.8 Å². The van der Waals surface area contributed by atoms with Crippen molar-refractivity contribution >= 4 is 15.9 Å². The zero-order valence-corrected chi connectivity index (χ0v) is 12.6. The standard InChI is InChI=1S/C16H15BrO3/c1-19-12-5-6-13-14(18)9-15(20-16(13)8-12)10-3-2-4-11(17)7-10/h2-8,14-15,18H,9H2,1H3. The van der Waals surface area contributed by atoms with Gasteiger partial charge in [-0.3, -0.25) is 0 Å². The minimum atomic E-state index is -0.520. The third kappa shape index (κ3) is 2.53. The summed E-state index contributed by atoms with van der Waals surface area (Å²) < 4.78 is 12.2. The topological polar surface area (TPSA) is 38.7 Å². The van der Waals surface area contributed by atoms with Gasteiger partial charge in [-0.25, -0.2) is 0 Å². The molecule has 0 saturated heterocycles. The maximum Gasteiger partial charge on any atom is 0.129 e. The third-order valence-corrected chi connectivity index (χ3v) is 4.00. The van der Waals surface area contributed by atoms with Crippen LogP contribution in [0.5, 0.6) is 11.5 Å². The summed E-state index contributed by atoms with van der Waals surface area (Å²) in [7, 11) is 1.62. The summed E-state index contributed by atoms with van der Waals surface area (Å²) in [6.07, 6.45) is -0.119. The Hall–Kier alpha value is -1.52. The summed E-state index contributed by atoms with van der Waals surface area (Å²) in [5.74, 6) is 1.42. The van der Waals surface area contributed by atoms with Gasteiger partial charge < -0.3 is 14.6 Å². The van der Waals surface area contributed by atoms with E-state index < -0.39 is 6.10 Å². The molecule has 104 valence electrons. The second-order valence-electron chi connectivity index (χ2n) is 4.82. The lowest BCUT2D eigenvalue weighted by atomic mass is 9.95. The molecule has 0 radical (unpaired) electrons. The number of halogens is 1. The molecule has 2 unspecified atom stereocenters.